The molecule has 1 aromatic heterocycles. The summed E-state index contributed by atoms with van der Waals surface area (Å²) in [7, 11) is 0. The van der Waals surface area contributed by atoms with Crippen LogP contribution in [0.25, 0.3) is 0 Å². The van der Waals surface area contributed by atoms with E-state index in [4.69, 9.17) is 5.26 Å². The Balaban J connectivity index is 2.50. The molecule has 2 nitrogen and oxygen atoms in total. The lowest BCUT2D eigenvalue weighted by molar-refractivity contribution is -0.141. The van der Waals surface area contributed by atoms with E-state index in [1.165, 1.54) is 6.07 Å². The first-order valence-electron chi connectivity index (χ1n) is 5.97. The van der Waals surface area contributed by atoms with Gasteiger partial charge in [0.2, 0.25) is 0 Å². The van der Waals surface area contributed by atoms with Crippen molar-refractivity contribution in [1.29, 1.82) is 5.26 Å². The van der Waals surface area contributed by atoms with E-state index >= 15 is 0 Å². The summed E-state index contributed by atoms with van der Waals surface area (Å²) in [6.45, 7) is 0. The van der Waals surface area contributed by atoms with E-state index in [0.717, 1.165) is 11.8 Å². The van der Waals surface area contributed by atoms with Crippen LogP contribution in [0.3, 0.4) is 0 Å². The zero-order valence-corrected chi connectivity index (χ0v) is 10.5. The number of hydrogen-bond donors (Lipinski definition) is 0. The van der Waals surface area contributed by atoms with E-state index < -0.39 is 11.9 Å². The molecular formula is C15H11F3N2. The Hall–Kier alpha value is -2.35. The summed E-state index contributed by atoms with van der Waals surface area (Å²) < 4.78 is 39.1. The third kappa shape index (κ3) is 3.15. The lowest BCUT2D eigenvalue weighted by Gasteiger charge is -2.14. The number of halogens is 3. The Morgan fingerprint density at radius 3 is 2.40 bits per heavy atom. The van der Waals surface area contributed by atoms with Crippen LogP contribution in [0.15, 0.2) is 42.6 Å². The van der Waals surface area contributed by atoms with Crippen LogP contribution in [0.2, 0.25) is 0 Å². The van der Waals surface area contributed by atoms with E-state index in [9.17, 15) is 13.2 Å². The fourth-order valence-corrected chi connectivity index (χ4v) is 2.02. The summed E-state index contributed by atoms with van der Waals surface area (Å²) in [5.41, 5.74) is 0.297. The minimum absolute atomic E-state index is 0.0617. The van der Waals surface area contributed by atoms with Crippen molar-refractivity contribution >= 4 is 0 Å². The van der Waals surface area contributed by atoms with Gasteiger partial charge in [-0.2, -0.15) is 18.4 Å². The molecule has 0 spiro atoms. The first-order chi connectivity index (χ1) is 9.52. The van der Waals surface area contributed by atoms with Gasteiger partial charge in [0.05, 0.1) is 12.5 Å². The Kier molecular flexibility index (Phi) is 4.04. The normalized spacial score (nSPS) is 11.1. The zero-order chi connectivity index (χ0) is 14.6. The predicted molar refractivity (Wildman–Crippen MR) is 67.8 cm³/mol. The largest absolute Gasteiger partial charge is 0.433 e. The molecule has 102 valence electrons. The summed E-state index contributed by atoms with van der Waals surface area (Å²) in [5, 5.41) is 8.75. The maximum atomic E-state index is 13.0. The summed E-state index contributed by atoms with van der Waals surface area (Å²) in [4.78, 5) is 3.45. The summed E-state index contributed by atoms with van der Waals surface area (Å²) in [5.74, 6) is 0. The highest BCUT2D eigenvalue weighted by Crippen LogP contribution is 2.32. The summed E-state index contributed by atoms with van der Waals surface area (Å²) in [6, 6.07) is 12.2. The molecule has 0 N–H and O–H groups in total. The van der Waals surface area contributed by atoms with Crippen LogP contribution in [0.4, 0.5) is 13.2 Å². The second-order valence-electron chi connectivity index (χ2n) is 4.29. The van der Waals surface area contributed by atoms with Crippen LogP contribution in [0, 0.1) is 11.3 Å². The van der Waals surface area contributed by atoms with Gasteiger partial charge in [-0.15, -0.1) is 0 Å². The highest BCUT2D eigenvalue weighted by molar-refractivity contribution is 5.38. The van der Waals surface area contributed by atoms with Crippen molar-refractivity contribution in [1.82, 2.24) is 4.98 Å². The monoisotopic (exact) mass is 276 g/mol. The molecule has 20 heavy (non-hydrogen) atoms. The van der Waals surface area contributed by atoms with Gasteiger partial charge in [-0.25, -0.2) is 0 Å². The number of aromatic nitrogens is 1. The Labute approximate surface area is 114 Å². The summed E-state index contributed by atoms with van der Waals surface area (Å²) in [6.07, 6.45) is -3.37. The number of nitrogens with zero attached hydrogens (tertiary/aromatic N) is 2. The number of alkyl halides is 3. The molecule has 0 fully saturated rings. The molecule has 0 atom stereocenters. The fourth-order valence-electron chi connectivity index (χ4n) is 2.02. The topological polar surface area (TPSA) is 36.7 Å². The Morgan fingerprint density at radius 1 is 1.10 bits per heavy atom. The quantitative estimate of drug-likeness (QED) is 0.855. The first kappa shape index (κ1) is 14.1. The molecule has 1 heterocycles. The maximum Gasteiger partial charge on any atom is 0.433 e. The van der Waals surface area contributed by atoms with Gasteiger partial charge in [0.15, 0.2) is 0 Å². The molecule has 0 aliphatic rings. The van der Waals surface area contributed by atoms with E-state index in [1.54, 1.807) is 30.3 Å². The van der Waals surface area contributed by atoms with Crippen LogP contribution >= 0.6 is 0 Å². The lowest BCUT2D eigenvalue weighted by atomic mass is 9.97. The molecule has 0 saturated heterocycles. The minimum atomic E-state index is -4.52. The Morgan fingerprint density at radius 2 is 1.80 bits per heavy atom. The van der Waals surface area contributed by atoms with Crippen LogP contribution in [0.5, 0.6) is 0 Å². The average Bonchev–Trinajstić information content (AvgIpc) is 2.41. The maximum absolute atomic E-state index is 13.0. The van der Waals surface area contributed by atoms with E-state index in [-0.39, 0.29) is 18.4 Å². The lowest BCUT2D eigenvalue weighted by Crippen LogP contribution is -2.14. The van der Waals surface area contributed by atoms with Crippen molar-refractivity contribution in [3.8, 4) is 6.07 Å². The highest BCUT2D eigenvalue weighted by Gasteiger charge is 2.36. The van der Waals surface area contributed by atoms with Gasteiger partial charge >= 0.3 is 6.18 Å². The average molecular weight is 276 g/mol. The predicted octanol–water partition coefficient (Wildman–Crippen LogP) is 3.76. The van der Waals surface area contributed by atoms with Crippen LogP contribution < -0.4 is 0 Å². The molecule has 0 bridgehead atoms. The van der Waals surface area contributed by atoms with Crippen LogP contribution in [-0.2, 0) is 19.0 Å². The molecule has 0 radical (unpaired) electrons. The van der Waals surface area contributed by atoms with Gasteiger partial charge in [-0.05, 0) is 29.2 Å². The van der Waals surface area contributed by atoms with Crippen molar-refractivity contribution in [2.75, 3.05) is 0 Å². The molecule has 2 aromatic rings. The minimum Gasteiger partial charge on any atom is -0.251 e. The van der Waals surface area contributed by atoms with Crippen molar-refractivity contribution in [2.45, 2.75) is 19.0 Å². The van der Waals surface area contributed by atoms with Gasteiger partial charge in [0.1, 0.15) is 5.69 Å². The molecule has 0 aliphatic carbocycles. The fraction of sp³-hybridized carbons (Fsp3) is 0.200. The molecule has 0 saturated carbocycles. The Bertz CT molecular complexity index is 628. The number of hydrogen-bond acceptors (Lipinski definition) is 2. The highest BCUT2D eigenvalue weighted by atomic mass is 19.4. The second kappa shape index (κ2) is 5.74. The summed E-state index contributed by atoms with van der Waals surface area (Å²) >= 11 is 0. The number of benzene rings is 1. The van der Waals surface area contributed by atoms with Crippen molar-refractivity contribution in [2.24, 2.45) is 0 Å². The zero-order valence-electron chi connectivity index (χ0n) is 10.5. The molecule has 1 aromatic carbocycles. The van der Waals surface area contributed by atoms with Gasteiger partial charge in [-0.3, -0.25) is 4.98 Å². The molecule has 0 unspecified atom stereocenters. The van der Waals surface area contributed by atoms with E-state index in [2.05, 4.69) is 4.98 Å². The smallest absolute Gasteiger partial charge is 0.251 e. The number of rotatable bonds is 3. The molecule has 5 heteroatoms. The van der Waals surface area contributed by atoms with E-state index in [0.29, 0.717) is 5.56 Å². The molecule has 2 rings (SSSR count). The first-order valence-corrected chi connectivity index (χ1v) is 5.97. The van der Waals surface area contributed by atoms with Crippen molar-refractivity contribution in [3.63, 3.8) is 0 Å². The SMILES string of the molecule is N#CCc1ccnc(C(F)(F)F)c1Cc1ccccc1. The standard InChI is InChI=1S/C15H11F3N2/c16-15(17,18)14-13(10-11-4-2-1-3-5-11)12(6-8-19)7-9-20-14/h1-5,7,9H,6,10H2. The van der Waals surface area contributed by atoms with Crippen molar-refractivity contribution in [3.05, 3.63) is 65.0 Å². The van der Waals surface area contributed by atoms with Gasteiger partial charge in [0.25, 0.3) is 0 Å². The third-order valence-electron chi connectivity index (χ3n) is 2.91. The number of pyridine rings is 1. The van der Waals surface area contributed by atoms with E-state index in [1.807, 2.05) is 6.07 Å². The molecule has 0 aliphatic heterocycles. The van der Waals surface area contributed by atoms with Crippen molar-refractivity contribution < 1.29 is 13.2 Å². The van der Waals surface area contributed by atoms with Crippen LogP contribution in [-0.4, -0.2) is 4.98 Å². The van der Waals surface area contributed by atoms with Gasteiger partial charge < -0.3 is 0 Å². The number of nitriles is 1. The third-order valence-corrected chi connectivity index (χ3v) is 2.91. The van der Waals surface area contributed by atoms with Gasteiger partial charge in [0, 0.05) is 6.20 Å². The second-order valence-corrected chi connectivity index (χ2v) is 4.29. The van der Waals surface area contributed by atoms with Gasteiger partial charge in [-0.1, -0.05) is 30.3 Å². The van der Waals surface area contributed by atoms with Crippen LogP contribution in [0.1, 0.15) is 22.4 Å². The molecular weight excluding hydrogens is 265 g/mol. The molecule has 0 amide bonds.